The summed E-state index contributed by atoms with van der Waals surface area (Å²) in [6.07, 6.45) is 12.0. The monoisotopic (exact) mass is 362 g/mol. The predicted octanol–water partition coefficient (Wildman–Crippen LogP) is 2.19. The number of fused-ring (bicyclic) bond motifs is 1. The van der Waals surface area contributed by atoms with Crippen LogP contribution in [-0.4, -0.2) is 30.9 Å². The van der Waals surface area contributed by atoms with Crippen molar-refractivity contribution in [1.82, 2.24) is 10.6 Å². The molecule has 138 valence electrons. The normalized spacial score (nSPS) is 28.6. The first-order valence-electron chi connectivity index (χ1n) is 9.14. The molecular weight excluding hydrogens is 340 g/mol. The molecule has 3 aliphatic rings. The molecule has 2 N–H and O–H groups in total. The van der Waals surface area contributed by atoms with E-state index in [1.165, 1.54) is 0 Å². The van der Waals surface area contributed by atoms with Crippen molar-refractivity contribution in [1.29, 1.82) is 0 Å². The predicted molar refractivity (Wildman–Crippen MR) is 103 cm³/mol. The highest BCUT2D eigenvalue weighted by atomic mass is 16.5. The van der Waals surface area contributed by atoms with Gasteiger partial charge >= 0.3 is 0 Å². The van der Waals surface area contributed by atoms with Crippen molar-refractivity contribution in [2.24, 2.45) is 5.41 Å². The van der Waals surface area contributed by atoms with Crippen molar-refractivity contribution < 1.29 is 14.3 Å². The van der Waals surface area contributed by atoms with Gasteiger partial charge in [0, 0.05) is 12.2 Å². The standard InChI is InChI=1S/C22H22N2O3/c25-20(14-27-13-16-8-4-3-5-9-16)19-12-22(15-23-19)17-10-6-1-2-7-11-18(17)24-21(22)26/h1-11,19,23H,12-15H2,(H,24,26)/b2-1-,6-1?,7-2?,10-6-,11-7?,17-10?,18-11?. The van der Waals surface area contributed by atoms with Crippen LogP contribution in [0.5, 0.6) is 0 Å². The molecule has 1 aromatic rings. The van der Waals surface area contributed by atoms with Crippen molar-refractivity contribution in [3.05, 3.63) is 83.6 Å². The summed E-state index contributed by atoms with van der Waals surface area (Å²) in [6, 6.07) is 9.38. The Kier molecular flexibility index (Phi) is 4.88. The van der Waals surface area contributed by atoms with E-state index >= 15 is 0 Å². The third-order valence-corrected chi connectivity index (χ3v) is 5.30. The lowest BCUT2D eigenvalue weighted by molar-refractivity contribution is -0.127. The molecule has 0 bridgehead atoms. The van der Waals surface area contributed by atoms with Gasteiger partial charge in [-0.15, -0.1) is 0 Å². The molecule has 0 aromatic heterocycles. The summed E-state index contributed by atoms with van der Waals surface area (Å²) in [5, 5.41) is 6.20. The molecule has 0 radical (unpaired) electrons. The van der Waals surface area contributed by atoms with E-state index in [4.69, 9.17) is 4.74 Å². The lowest BCUT2D eigenvalue weighted by atomic mass is 9.78. The number of Topliss-reactive ketones (excluding diaryl/α,β-unsaturated/α-hetero) is 1. The van der Waals surface area contributed by atoms with Crippen LogP contribution in [0.2, 0.25) is 0 Å². The Labute approximate surface area is 158 Å². The maximum atomic E-state index is 12.7. The Bertz CT molecular complexity index is 867. The summed E-state index contributed by atoms with van der Waals surface area (Å²) in [5.41, 5.74) is 2.10. The van der Waals surface area contributed by atoms with Gasteiger partial charge in [0.25, 0.3) is 0 Å². The molecule has 2 unspecified atom stereocenters. The van der Waals surface area contributed by atoms with Crippen LogP contribution in [0.1, 0.15) is 12.0 Å². The van der Waals surface area contributed by atoms with Gasteiger partial charge in [-0.2, -0.15) is 0 Å². The number of rotatable bonds is 5. The number of hydrogen-bond donors (Lipinski definition) is 2. The highest BCUT2D eigenvalue weighted by Crippen LogP contribution is 2.43. The van der Waals surface area contributed by atoms with Crippen molar-refractivity contribution >= 4 is 11.7 Å². The molecule has 27 heavy (non-hydrogen) atoms. The molecule has 2 heterocycles. The Morgan fingerprint density at radius 3 is 2.70 bits per heavy atom. The van der Waals surface area contributed by atoms with Gasteiger partial charge in [0.1, 0.15) is 6.61 Å². The number of hydrogen-bond acceptors (Lipinski definition) is 4. The van der Waals surface area contributed by atoms with Gasteiger partial charge in [0.05, 0.1) is 18.1 Å². The molecule has 2 aliphatic heterocycles. The number of carbonyl (C=O) groups excluding carboxylic acids is 2. The summed E-state index contributed by atoms with van der Waals surface area (Å²) in [5.74, 6) is -0.0633. The average Bonchev–Trinajstić information content (AvgIpc) is 3.20. The number of ketones is 1. The van der Waals surface area contributed by atoms with Gasteiger partial charge < -0.3 is 15.4 Å². The van der Waals surface area contributed by atoms with Gasteiger partial charge in [-0.3, -0.25) is 9.59 Å². The van der Waals surface area contributed by atoms with Crippen LogP contribution in [0.3, 0.4) is 0 Å². The van der Waals surface area contributed by atoms with Crippen molar-refractivity contribution in [3.8, 4) is 0 Å². The van der Waals surface area contributed by atoms with Crippen LogP contribution in [0, 0.1) is 5.41 Å². The molecule has 1 fully saturated rings. The van der Waals surface area contributed by atoms with Crippen LogP contribution < -0.4 is 10.6 Å². The third-order valence-electron chi connectivity index (χ3n) is 5.30. The summed E-state index contributed by atoms with van der Waals surface area (Å²) in [4.78, 5) is 25.3. The van der Waals surface area contributed by atoms with Gasteiger partial charge in [-0.05, 0) is 23.6 Å². The van der Waals surface area contributed by atoms with Crippen LogP contribution >= 0.6 is 0 Å². The summed E-state index contributed by atoms with van der Waals surface area (Å²) in [6.45, 7) is 0.892. The molecule has 1 aromatic carbocycles. The number of ether oxygens (including phenoxy) is 1. The SMILES string of the molecule is O=C(COCc1ccccc1)C1CC2(CN1)C(=O)NC1=C2/C=C\C=C/C=C1. The molecule has 1 amide bonds. The smallest absolute Gasteiger partial charge is 0.236 e. The maximum Gasteiger partial charge on any atom is 0.236 e. The van der Waals surface area contributed by atoms with Crippen LogP contribution in [0.25, 0.3) is 0 Å². The first kappa shape index (κ1) is 17.6. The van der Waals surface area contributed by atoms with Crippen LogP contribution in [0.15, 0.2) is 78.1 Å². The van der Waals surface area contributed by atoms with E-state index in [-0.39, 0.29) is 24.3 Å². The fourth-order valence-corrected chi connectivity index (χ4v) is 3.84. The van der Waals surface area contributed by atoms with Gasteiger partial charge in [-0.1, -0.05) is 60.7 Å². The number of benzene rings is 1. The minimum Gasteiger partial charge on any atom is -0.369 e. The highest BCUT2D eigenvalue weighted by molar-refractivity contribution is 5.96. The molecule has 1 saturated heterocycles. The molecule has 0 saturated carbocycles. The van der Waals surface area contributed by atoms with Gasteiger partial charge in [0.15, 0.2) is 5.78 Å². The van der Waals surface area contributed by atoms with Crippen molar-refractivity contribution in [3.63, 3.8) is 0 Å². The van der Waals surface area contributed by atoms with Crippen molar-refractivity contribution in [2.45, 2.75) is 19.1 Å². The van der Waals surface area contributed by atoms with Gasteiger partial charge in [0.2, 0.25) is 5.91 Å². The largest absolute Gasteiger partial charge is 0.369 e. The van der Waals surface area contributed by atoms with E-state index in [0.29, 0.717) is 19.6 Å². The van der Waals surface area contributed by atoms with Gasteiger partial charge in [-0.25, -0.2) is 0 Å². The summed E-state index contributed by atoms with van der Waals surface area (Å²) < 4.78 is 5.58. The summed E-state index contributed by atoms with van der Waals surface area (Å²) in [7, 11) is 0. The van der Waals surface area contributed by atoms with Crippen LogP contribution in [0.4, 0.5) is 0 Å². The Hall–Kier alpha value is -2.76. The number of carbonyl (C=O) groups is 2. The third kappa shape index (κ3) is 3.44. The Morgan fingerprint density at radius 1 is 1.11 bits per heavy atom. The lowest BCUT2D eigenvalue weighted by Gasteiger charge is -2.21. The second kappa shape index (κ2) is 7.47. The number of nitrogens with one attached hydrogen (secondary N) is 2. The molecule has 1 spiro atoms. The Balaban J connectivity index is 1.41. The summed E-state index contributed by atoms with van der Waals surface area (Å²) >= 11 is 0. The van der Waals surface area contributed by atoms with E-state index in [1.54, 1.807) is 0 Å². The zero-order valence-corrected chi connectivity index (χ0v) is 15.0. The Morgan fingerprint density at radius 2 is 1.89 bits per heavy atom. The molecule has 2 atom stereocenters. The zero-order valence-electron chi connectivity index (χ0n) is 15.0. The highest BCUT2D eigenvalue weighted by Gasteiger charge is 2.53. The zero-order chi connectivity index (χ0) is 18.7. The first-order valence-corrected chi connectivity index (χ1v) is 9.14. The molecule has 1 aliphatic carbocycles. The molecule has 4 rings (SSSR count). The van der Waals surface area contributed by atoms with E-state index in [9.17, 15) is 9.59 Å². The molecule has 5 heteroatoms. The first-order chi connectivity index (χ1) is 13.2. The van der Waals surface area contributed by atoms with E-state index in [2.05, 4.69) is 10.6 Å². The quantitative estimate of drug-likeness (QED) is 0.843. The second-order valence-corrected chi connectivity index (χ2v) is 7.05. The van der Waals surface area contributed by atoms with Crippen LogP contribution in [-0.2, 0) is 20.9 Å². The minimum atomic E-state index is -0.693. The van der Waals surface area contributed by atoms with E-state index < -0.39 is 5.41 Å². The molecular formula is C22H22N2O3. The molecule has 5 nitrogen and oxygen atoms in total. The van der Waals surface area contributed by atoms with E-state index in [0.717, 1.165) is 16.8 Å². The lowest BCUT2D eigenvalue weighted by Crippen LogP contribution is -2.36. The average molecular weight is 362 g/mol. The van der Waals surface area contributed by atoms with Crippen molar-refractivity contribution in [2.75, 3.05) is 13.2 Å². The number of allylic oxidation sites excluding steroid dienone is 6. The fourth-order valence-electron chi connectivity index (χ4n) is 3.84. The maximum absolute atomic E-state index is 12.7. The second-order valence-electron chi connectivity index (χ2n) is 7.05. The topological polar surface area (TPSA) is 67.4 Å². The fraction of sp³-hybridized carbons (Fsp3) is 0.273. The van der Waals surface area contributed by atoms with E-state index in [1.807, 2.05) is 66.8 Å². The number of amides is 1. The minimum absolute atomic E-state index is 0.0186.